The summed E-state index contributed by atoms with van der Waals surface area (Å²) in [6, 6.07) is 10.7. The minimum absolute atomic E-state index is 0.190. The Bertz CT molecular complexity index is 771. The van der Waals surface area contributed by atoms with Crippen LogP contribution in [0.1, 0.15) is 22.3 Å². The lowest BCUT2D eigenvalue weighted by Gasteiger charge is -2.25. The van der Waals surface area contributed by atoms with Gasteiger partial charge in [0.1, 0.15) is 0 Å². The van der Waals surface area contributed by atoms with Crippen LogP contribution in [0.4, 0.5) is 18.9 Å². The zero-order valence-corrected chi connectivity index (χ0v) is 13.1. The summed E-state index contributed by atoms with van der Waals surface area (Å²) in [6.45, 7) is 2.23. The molecule has 1 heterocycles. The molecule has 24 heavy (non-hydrogen) atoms. The third-order valence-electron chi connectivity index (χ3n) is 4.22. The predicted octanol–water partition coefficient (Wildman–Crippen LogP) is 3.67. The Labute approximate surface area is 137 Å². The Morgan fingerprint density at radius 1 is 1.17 bits per heavy atom. The lowest BCUT2D eigenvalue weighted by atomic mass is 9.95. The van der Waals surface area contributed by atoms with Crippen molar-refractivity contribution in [2.24, 2.45) is 0 Å². The zero-order chi connectivity index (χ0) is 17.3. The molecule has 0 fully saturated rings. The average molecular weight is 334 g/mol. The number of carbonyl (C=O) groups excluding carboxylic acids is 1. The van der Waals surface area contributed by atoms with E-state index in [4.69, 9.17) is 0 Å². The number of halogens is 3. The largest absolute Gasteiger partial charge is 0.416 e. The molecular formula is C18H17F3N2O. The maximum atomic E-state index is 12.8. The number of nitrogens with one attached hydrogen (secondary N) is 2. The molecule has 3 rings (SSSR count). The molecule has 0 radical (unpaired) electrons. The van der Waals surface area contributed by atoms with Gasteiger partial charge >= 0.3 is 6.18 Å². The van der Waals surface area contributed by atoms with E-state index in [9.17, 15) is 18.0 Å². The van der Waals surface area contributed by atoms with Crippen LogP contribution in [0.2, 0.25) is 0 Å². The molecule has 1 aliphatic heterocycles. The van der Waals surface area contributed by atoms with Crippen LogP contribution in [-0.2, 0) is 23.9 Å². The maximum absolute atomic E-state index is 12.8. The van der Waals surface area contributed by atoms with Crippen molar-refractivity contribution in [2.45, 2.75) is 32.1 Å². The van der Waals surface area contributed by atoms with E-state index in [2.05, 4.69) is 10.6 Å². The SMILES string of the molecule is Cc1ccc(C(F)(F)F)cc1NC(=O)C1Cc2ccccc2CN1. The lowest BCUT2D eigenvalue weighted by Crippen LogP contribution is -2.44. The predicted molar refractivity (Wildman–Crippen MR) is 85.6 cm³/mol. The van der Waals surface area contributed by atoms with Gasteiger partial charge in [0, 0.05) is 12.2 Å². The van der Waals surface area contributed by atoms with E-state index in [-0.39, 0.29) is 11.6 Å². The molecular weight excluding hydrogens is 317 g/mol. The molecule has 0 spiro atoms. The molecule has 2 aromatic carbocycles. The van der Waals surface area contributed by atoms with Gasteiger partial charge < -0.3 is 10.6 Å². The van der Waals surface area contributed by atoms with Gasteiger partial charge in [0.2, 0.25) is 5.91 Å². The Hall–Kier alpha value is -2.34. The summed E-state index contributed by atoms with van der Waals surface area (Å²) >= 11 is 0. The maximum Gasteiger partial charge on any atom is 0.416 e. The van der Waals surface area contributed by atoms with Crippen LogP contribution in [-0.4, -0.2) is 11.9 Å². The van der Waals surface area contributed by atoms with Gasteiger partial charge in [0.15, 0.2) is 0 Å². The van der Waals surface area contributed by atoms with Crippen molar-refractivity contribution in [3.8, 4) is 0 Å². The van der Waals surface area contributed by atoms with E-state index in [0.717, 1.165) is 23.3 Å². The quantitative estimate of drug-likeness (QED) is 0.880. The van der Waals surface area contributed by atoms with E-state index in [0.29, 0.717) is 18.5 Å². The summed E-state index contributed by atoms with van der Waals surface area (Å²) in [5, 5.41) is 5.75. The van der Waals surface area contributed by atoms with Gasteiger partial charge in [-0.2, -0.15) is 13.2 Å². The number of benzene rings is 2. The molecule has 1 amide bonds. The van der Waals surface area contributed by atoms with Crippen LogP contribution >= 0.6 is 0 Å². The van der Waals surface area contributed by atoms with Crippen LogP contribution in [0, 0.1) is 6.92 Å². The third kappa shape index (κ3) is 3.43. The molecule has 0 aliphatic carbocycles. The molecule has 2 N–H and O–H groups in total. The smallest absolute Gasteiger partial charge is 0.324 e. The summed E-state index contributed by atoms with van der Waals surface area (Å²) in [7, 11) is 0. The number of hydrogen-bond acceptors (Lipinski definition) is 2. The first-order chi connectivity index (χ1) is 11.3. The van der Waals surface area contributed by atoms with E-state index in [1.165, 1.54) is 6.07 Å². The van der Waals surface area contributed by atoms with Gasteiger partial charge in [-0.15, -0.1) is 0 Å². The van der Waals surface area contributed by atoms with Gasteiger partial charge in [-0.25, -0.2) is 0 Å². The summed E-state index contributed by atoms with van der Waals surface area (Å²) in [5.74, 6) is -0.327. The van der Waals surface area contributed by atoms with Crippen LogP contribution in [0.3, 0.4) is 0 Å². The van der Waals surface area contributed by atoms with Crippen molar-refractivity contribution in [3.63, 3.8) is 0 Å². The zero-order valence-electron chi connectivity index (χ0n) is 13.1. The number of rotatable bonds is 2. The highest BCUT2D eigenvalue weighted by Gasteiger charge is 2.31. The first-order valence-corrected chi connectivity index (χ1v) is 7.63. The molecule has 6 heteroatoms. The number of anilines is 1. The molecule has 0 bridgehead atoms. The normalized spacial score (nSPS) is 17.2. The summed E-state index contributed by atoms with van der Waals surface area (Å²) in [4.78, 5) is 12.4. The van der Waals surface area contributed by atoms with E-state index >= 15 is 0 Å². The summed E-state index contributed by atoms with van der Waals surface area (Å²) in [6.07, 6.45) is -3.92. The number of alkyl halides is 3. The third-order valence-corrected chi connectivity index (χ3v) is 4.22. The molecule has 3 nitrogen and oxygen atoms in total. The second-order valence-electron chi connectivity index (χ2n) is 5.92. The second kappa shape index (κ2) is 6.28. The number of carbonyl (C=O) groups is 1. The van der Waals surface area contributed by atoms with Gasteiger partial charge in [-0.05, 0) is 42.2 Å². The molecule has 1 atom stereocenters. The fraction of sp³-hybridized carbons (Fsp3) is 0.278. The van der Waals surface area contributed by atoms with Crippen molar-refractivity contribution in [3.05, 3.63) is 64.7 Å². The molecule has 1 unspecified atom stereocenters. The number of amides is 1. The van der Waals surface area contributed by atoms with Gasteiger partial charge in [0.05, 0.1) is 11.6 Å². The van der Waals surface area contributed by atoms with E-state index < -0.39 is 17.8 Å². The van der Waals surface area contributed by atoms with Crippen molar-refractivity contribution in [2.75, 3.05) is 5.32 Å². The fourth-order valence-electron chi connectivity index (χ4n) is 2.79. The molecule has 0 aromatic heterocycles. The van der Waals surface area contributed by atoms with Crippen molar-refractivity contribution < 1.29 is 18.0 Å². The number of hydrogen-bond donors (Lipinski definition) is 2. The van der Waals surface area contributed by atoms with Crippen LogP contribution < -0.4 is 10.6 Å². The van der Waals surface area contributed by atoms with Crippen molar-refractivity contribution in [1.29, 1.82) is 0 Å². The molecule has 1 aliphatic rings. The Morgan fingerprint density at radius 2 is 1.88 bits per heavy atom. The first kappa shape index (κ1) is 16.5. The standard InChI is InChI=1S/C18H17F3N2O/c1-11-6-7-14(18(19,20)21)9-15(11)23-17(24)16-8-12-4-2-3-5-13(12)10-22-16/h2-7,9,16,22H,8,10H2,1H3,(H,23,24). The molecule has 126 valence electrons. The highest BCUT2D eigenvalue weighted by Crippen LogP contribution is 2.32. The topological polar surface area (TPSA) is 41.1 Å². The van der Waals surface area contributed by atoms with Crippen molar-refractivity contribution in [1.82, 2.24) is 5.32 Å². The molecule has 0 saturated carbocycles. The Morgan fingerprint density at radius 3 is 2.58 bits per heavy atom. The number of fused-ring (bicyclic) bond motifs is 1. The molecule has 2 aromatic rings. The summed E-state index contributed by atoms with van der Waals surface area (Å²) in [5.41, 5.74) is 2.22. The lowest BCUT2D eigenvalue weighted by molar-refractivity contribution is -0.137. The van der Waals surface area contributed by atoms with E-state index in [1.54, 1.807) is 6.92 Å². The Balaban J connectivity index is 1.76. The average Bonchev–Trinajstić information content (AvgIpc) is 2.55. The van der Waals surface area contributed by atoms with Gasteiger partial charge in [0.25, 0.3) is 0 Å². The summed E-state index contributed by atoms with van der Waals surface area (Å²) < 4.78 is 38.5. The monoisotopic (exact) mass is 334 g/mol. The fourth-order valence-corrected chi connectivity index (χ4v) is 2.79. The minimum atomic E-state index is -4.44. The van der Waals surface area contributed by atoms with Crippen LogP contribution in [0.15, 0.2) is 42.5 Å². The number of aryl methyl sites for hydroxylation is 1. The van der Waals surface area contributed by atoms with Gasteiger partial charge in [-0.3, -0.25) is 4.79 Å². The highest BCUT2D eigenvalue weighted by molar-refractivity contribution is 5.96. The second-order valence-corrected chi connectivity index (χ2v) is 5.92. The van der Waals surface area contributed by atoms with Crippen molar-refractivity contribution >= 4 is 11.6 Å². The van der Waals surface area contributed by atoms with E-state index in [1.807, 2.05) is 24.3 Å². The van der Waals surface area contributed by atoms with Crippen LogP contribution in [0.5, 0.6) is 0 Å². The first-order valence-electron chi connectivity index (χ1n) is 7.63. The highest BCUT2D eigenvalue weighted by atomic mass is 19.4. The molecule has 0 saturated heterocycles. The Kier molecular flexibility index (Phi) is 4.32. The van der Waals surface area contributed by atoms with Gasteiger partial charge in [-0.1, -0.05) is 30.3 Å². The minimum Gasteiger partial charge on any atom is -0.324 e. The van der Waals surface area contributed by atoms with Crippen LogP contribution in [0.25, 0.3) is 0 Å².